The number of esters is 1. The predicted molar refractivity (Wildman–Crippen MR) is 106 cm³/mol. The third kappa shape index (κ3) is 4.37. The molecule has 1 heterocycles. The van der Waals surface area contributed by atoms with Crippen LogP contribution in [0, 0.1) is 17.8 Å². The van der Waals surface area contributed by atoms with E-state index in [0.717, 1.165) is 17.8 Å². The average Bonchev–Trinajstić information content (AvgIpc) is 3.13. The number of rotatable bonds is 5. The summed E-state index contributed by atoms with van der Waals surface area (Å²) in [6, 6.07) is 8.17. The summed E-state index contributed by atoms with van der Waals surface area (Å²) in [5.41, 5.74) is 1.63. The molecule has 1 aromatic heterocycles. The van der Waals surface area contributed by atoms with Gasteiger partial charge < -0.3 is 4.74 Å². The Morgan fingerprint density at radius 3 is 2.56 bits per heavy atom. The molecule has 0 saturated heterocycles. The summed E-state index contributed by atoms with van der Waals surface area (Å²) in [6.45, 7) is 4.82. The minimum atomic E-state index is -0.281. The number of carbonyl (C=O) groups excluding carboxylic acids is 1. The lowest BCUT2D eigenvalue weighted by molar-refractivity contribution is -0.131. The van der Waals surface area contributed by atoms with Gasteiger partial charge in [-0.1, -0.05) is 37.7 Å². The molecule has 2 aliphatic carbocycles. The zero-order chi connectivity index (χ0) is 18.9. The van der Waals surface area contributed by atoms with Gasteiger partial charge in [0.1, 0.15) is 12.1 Å². The van der Waals surface area contributed by atoms with Crippen molar-refractivity contribution in [2.24, 2.45) is 17.8 Å². The Kier molecular flexibility index (Phi) is 5.26. The van der Waals surface area contributed by atoms with Crippen LogP contribution in [0.3, 0.4) is 0 Å². The third-order valence-electron chi connectivity index (χ3n) is 6.12. The molecule has 2 aromatic rings. The van der Waals surface area contributed by atoms with E-state index in [1.165, 1.54) is 55.8 Å². The second kappa shape index (κ2) is 7.66. The molecule has 6 heteroatoms. The highest BCUT2D eigenvalue weighted by Crippen LogP contribution is 2.51. The lowest BCUT2D eigenvalue weighted by atomic mass is 9.58. The Labute approximate surface area is 164 Å². The van der Waals surface area contributed by atoms with Gasteiger partial charge in [0.15, 0.2) is 5.16 Å². The molecule has 27 heavy (non-hydrogen) atoms. The number of benzene rings is 1. The van der Waals surface area contributed by atoms with E-state index in [4.69, 9.17) is 4.74 Å². The maximum atomic E-state index is 12.0. The molecular formula is C21H27N3O2S. The number of nitrogens with zero attached hydrogens (tertiary/aromatic N) is 2. The first-order chi connectivity index (χ1) is 13.0. The van der Waals surface area contributed by atoms with Crippen molar-refractivity contribution in [1.82, 2.24) is 15.2 Å². The number of carbonyl (C=O) groups is 1. The van der Waals surface area contributed by atoms with E-state index >= 15 is 0 Å². The first-order valence-corrected chi connectivity index (χ1v) is 10.8. The van der Waals surface area contributed by atoms with Crippen molar-refractivity contribution in [1.29, 1.82) is 0 Å². The number of thioether (sulfide) groups is 1. The van der Waals surface area contributed by atoms with Crippen LogP contribution < -0.4 is 4.74 Å². The van der Waals surface area contributed by atoms with E-state index in [9.17, 15) is 4.79 Å². The van der Waals surface area contributed by atoms with Crippen molar-refractivity contribution in [2.75, 3.05) is 5.75 Å². The van der Waals surface area contributed by atoms with Gasteiger partial charge in [0.25, 0.3) is 0 Å². The molecule has 4 rings (SSSR count). The Bertz CT molecular complexity index is 757. The van der Waals surface area contributed by atoms with Crippen molar-refractivity contribution < 1.29 is 9.53 Å². The number of hydrogen-bond donors (Lipinski definition) is 1. The highest BCUT2D eigenvalue weighted by Gasteiger charge is 2.41. The number of nitrogens with one attached hydrogen (secondary N) is 1. The maximum absolute atomic E-state index is 12.0. The van der Waals surface area contributed by atoms with Crippen LogP contribution in [0.15, 0.2) is 35.7 Å². The van der Waals surface area contributed by atoms with Crippen LogP contribution in [-0.2, 0) is 10.2 Å². The summed E-state index contributed by atoms with van der Waals surface area (Å²) in [5.74, 6) is 3.14. The molecule has 1 aromatic carbocycles. The first-order valence-electron chi connectivity index (χ1n) is 9.79. The van der Waals surface area contributed by atoms with Crippen LogP contribution in [0.5, 0.6) is 5.75 Å². The maximum Gasteiger partial charge on any atom is 0.321 e. The van der Waals surface area contributed by atoms with Crippen molar-refractivity contribution in [2.45, 2.75) is 56.5 Å². The summed E-state index contributed by atoms with van der Waals surface area (Å²) in [4.78, 5) is 16.0. The molecule has 144 valence electrons. The number of fused-ring (bicyclic) bond motifs is 2. The molecule has 5 nitrogen and oxygen atoms in total. The highest BCUT2D eigenvalue weighted by molar-refractivity contribution is 7.99. The SMILES string of the molecule is CC1CC2CC(C1)CC(C)(c1ccc(OC(=O)CSc3ncn[nH]3)cc1)C2. The summed E-state index contributed by atoms with van der Waals surface area (Å²) in [6.07, 6.45) is 8.16. The van der Waals surface area contributed by atoms with Crippen LogP contribution in [-0.4, -0.2) is 26.9 Å². The monoisotopic (exact) mass is 385 g/mol. The molecular weight excluding hydrogens is 358 g/mol. The summed E-state index contributed by atoms with van der Waals surface area (Å²) in [7, 11) is 0. The summed E-state index contributed by atoms with van der Waals surface area (Å²) in [5, 5.41) is 7.10. The number of ether oxygens (including phenoxy) is 1. The van der Waals surface area contributed by atoms with Crippen molar-refractivity contribution in [3.8, 4) is 5.75 Å². The van der Waals surface area contributed by atoms with E-state index < -0.39 is 0 Å². The Hall–Kier alpha value is -1.82. The van der Waals surface area contributed by atoms with Crippen molar-refractivity contribution in [3.63, 3.8) is 0 Å². The van der Waals surface area contributed by atoms with Gasteiger partial charge in [-0.2, -0.15) is 5.10 Å². The molecule has 0 aliphatic heterocycles. The van der Waals surface area contributed by atoms with Crippen LogP contribution >= 0.6 is 11.8 Å². The normalized spacial score (nSPS) is 30.1. The van der Waals surface area contributed by atoms with Crippen LogP contribution in [0.2, 0.25) is 0 Å². The molecule has 0 spiro atoms. The fourth-order valence-electron chi connectivity index (χ4n) is 5.30. The second-order valence-electron chi connectivity index (χ2n) is 8.59. The number of H-pyrrole nitrogens is 1. The lowest BCUT2D eigenvalue weighted by Crippen LogP contribution is -2.38. The molecule has 0 amide bonds. The average molecular weight is 386 g/mol. The quantitative estimate of drug-likeness (QED) is 0.463. The minimum Gasteiger partial charge on any atom is -0.426 e. The van der Waals surface area contributed by atoms with E-state index in [2.05, 4.69) is 41.2 Å². The lowest BCUT2D eigenvalue weighted by Gasteiger charge is -2.47. The standard InChI is InChI=1S/C21H27N3O2S/c1-14-7-15-9-16(8-14)11-21(2,10-15)17-3-5-18(6-4-17)26-19(25)12-27-20-22-13-23-24-20/h3-6,13-16H,7-12H2,1-2H3,(H,22,23,24). The van der Waals surface area contributed by atoms with Gasteiger partial charge >= 0.3 is 5.97 Å². The Morgan fingerprint density at radius 1 is 1.22 bits per heavy atom. The molecule has 2 atom stereocenters. The van der Waals surface area contributed by atoms with Gasteiger partial charge in [0.05, 0.1) is 5.75 Å². The second-order valence-corrected chi connectivity index (χ2v) is 9.56. The predicted octanol–water partition coefficient (Wildman–Crippen LogP) is 4.61. The zero-order valence-electron chi connectivity index (χ0n) is 16.0. The number of aromatic amines is 1. The molecule has 2 aliphatic rings. The van der Waals surface area contributed by atoms with Crippen molar-refractivity contribution >= 4 is 17.7 Å². The van der Waals surface area contributed by atoms with Gasteiger partial charge in [0.2, 0.25) is 0 Å². The minimum absolute atomic E-state index is 0.205. The molecule has 0 radical (unpaired) electrons. The fourth-order valence-corrected chi connectivity index (χ4v) is 5.85. The molecule has 2 unspecified atom stereocenters. The Morgan fingerprint density at radius 2 is 1.93 bits per heavy atom. The summed E-state index contributed by atoms with van der Waals surface area (Å²) >= 11 is 1.29. The first kappa shape index (κ1) is 18.5. The molecule has 2 fully saturated rings. The van der Waals surface area contributed by atoms with E-state index in [1.54, 1.807) is 0 Å². The topological polar surface area (TPSA) is 67.9 Å². The molecule has 1 N–H and O–H groups in total. The van der Waals surface area contributed by atoms with E-state index in [0.29, 0.717) is 10.9 Å². The zero-order valence-corrected chi connectivity index (χ0v) is 16.8. The van der Waals surface area contributed by atoms with Crippen LogP contribution in [0.25, 0.3) is 0 Å². The highest BCUT2D eigenvalue weighted by atomic mass is 32.2. The number of aromatic nitrogens is 3. The molecule has 2 bridgehead atoms. The number of hydrogen-bond acceptors (Lipinski definition) is 5. The Balaban J connectivity index is 1.36. The van der Waals surface area contributed by atoms with Gasteiger partial charge in [-0.05, 0) is 73.0 Å². The molecule has 2 saturated carbocycles. The van der Waals surface area contributed by atoms with E-state index in [1.807, 2.05) is 12.1 Å². The fraction of sp³-hybridized carbons (Fsp3) is 0.571. The van der Waals surface area contributed by atoms with Crippen LogP contribution in [0.4, 0.5) is 0 Å². The smallest absolute Gasteiger partial charge is 0.321 e. The third-order valence-corrected chi connectivity index (χ3v) is 6.97. The van der Waals surface area contributed by atoms with Gasteiger partial charge in [-0.15, -0.1) is 0 Å². The van der Waals surface area contributed by atoms with Crippen molar-refractivity contribution in [3.05, 3.63) is 36.2 Å². The van der Waals surface area contributed by atoms with Crippen LogP contribution in [0.1, 0.15) is 51.5 Å². The summed E-state index contributed by atoms with van der Waals surface area (Å²) < 4.78 is 5.45. The largest absolute Gasteiger partial charge is 0.426 e. The van der Waals surface area contributed by atoms with Gasteiger partial charge in [0, 0.05) is 0 Å². The van der Waals surface area contributed by atoms with Gasteiger partial charge in [-0.25, -0.2) is 4.98 Å². The van der Waals surface area contributed by atoms with E-state index in [-0.39, 0.29) is 17.1 Å². The van der Waals surface area contributed by atoms with Gasteiger partial charge in [-0.3, -0.25) is 9.89 Å².